The number of rotatable bonds is 3. The lowest BCUT2D eigenvalue weighted by atomic mass is 9.77. The van der Waals surface area contributed by atoms with Crippen molar-refractivity contribution in [3.05, 3.63) is 24.0 Å². The van der Waals surface area contributed by atoms with Crippen molar-refractivity contribution in [1.29, 1.82) is 0 Å². The lowest BCUT2D eigenvalue weighted by molar-refractivity contribution is 0.0847. The van der Waals surface area contributed by atoms with E-state index >= 15 is 0 Å². The fourth-order valence-corrected chi connectivity index (χ4v) is 2.35. The van der Waals surface area contributed by atoms with Gasteiger partial charge in [0.2, 0.25) is 0 Å². The van der Waals surface area contributed by atoms with Gasteiger partial charge in [0.25, 0.3) is 0 Å². The molecule has 1 aliphatic carbocycles. The van der Waals surface area contributed by atoms with Crippen LogP contribution in [0, 0.1) is 0 Å². The topological polar surface area (TPSA) is 65.2 Å². The number of aromatic nitrogens is 1. The molecule has 0 aromatic carbocycles. The van der Waals surface area contributed by atoms with Crippen LogP contribution in [-0.2, 0) is 0 Å². The molecule has 1 heterocycles. The smallest absolute Gasteiger partial charge is 0.184 e. The van der Waals surface area contributed by atoms with Gasteiger partial charge in [-0.1, -0.05) is 19.3 Å². The molecule has 0 aliphatic heterocycles. The molecule has 1 aliphatic rings. The van der Waals surface area contributed by atoms with Crippen LogP contribution in [0.5, 0.6) is 5.75 Å². The van der Waals surface area contributed by atoms with Gasteiger partial charge in [-0.15, -0.1) is 0 Å². The number of pyridine rings is 1. The number of carbonyl (C=O) groups excluding carboxylic acids is 1. The predicted molar refractivity (Wildman–Crippen MR) is 65.1 cm³/mol. The van der Waals surface area contributed by atoms with E-state index in [-0.39, 0.29) is 5.78 Å². The first-order valence-corrected chi connectivity index (χ1v) is 5.98. The van der Waals surface area contributed by atoms with Crippen LogP contribution in [-0.4, -0.2) is 23.4 Å². The number of nitrogens with zero attached hydrogens (tertiary/aromatic N) is 1. The van der Waals surface area contributed by atoms with E-state index in [4.69, 9.17) is 10.5 Å². The Balaban J connectivity index is 2.23. The van der Waals surface area contributed by atoms with Gasteiger partial charge in [-0.25, -0.2) is 0 Å². The van der Waals surface area contributed by atoms with Gasteiger partial charge >= 0.3 is 0 Å². The zero-order valence-corrected chi connectivity index (χ0v) is 10.1. The van der Waals surface area contributed by atoms with E-state index < -0.39 is 5.54 Å². The summed E-state index contributed by atoms with van der Waals surface area (Å²) < 4.78 is 5.07. The largest absolute Gasteiger partial charge is 0.495 e. The Bertz CT molecular complexity index is 412. The third kappa shape index (κ3) is 2.47. The normalized spacial score (nSPS) is 18.7. The first-order valence-electron chi connectivity index (χ1n) is 5.98. The predicted octanol–water partition coefficient (Wildman–Crippen LogP) is 1.93. The number of hydrogen-bond acceptors (Lipinski definition) is 4. The Hall–Kier alpha value is -1.42. The number of Topliss-reactive ketones (excluding diaryl/α,β-unsaturated/α-hetero) is 1. The summed E-state index contributed by atoms with van der Waals surface area (Å²) in [5, 5.41) is 0. The molecule has 4 heteroatoms. The minimum atomic E-state index is -0.702. The molecule has 4 nitrogen and oxygen atoms in total. The van der Waals surface area contributed by atoms with Crippen molar-refractivity contribution in [2.75, 3.05) is 7.11 Å². The molecule has 1 fully saturated rings. The fraction of sp³-hybridized carbons (Fsp3) is 0.538. The second kappa shape index (κ2) is 4.84. The highest BCUT2D eigenvalue weighted by Gasteiger charge is 2.35. The molecular weight excluding hydrogens is 216 g/mol. The molecule has 0 radical (unpaired) electrons. The first-order chi connectivity index (χ1) is 8.15. The summed E-state index contributed by atoms with van der Waals surface area (Å²) in [5.41, 5.74) is 6.06. The Morgan fingerprint density at radius 3 is 2.71 bits per heavy atom. The third-order valence-corrected chi connectivity index (χ3v) is 3.41. The highest BCUT2D eigenvalue weighted by atomic mass is 16.5. The minimum absolute atomic E-state index is 0.0106. The quantitative estimate of drug-likeness (QED) is 0.812. The van der Waals surface area contributed by atoms with E-state index in [0.29, 0.717) is 11.3 Å². The molecule has 0 atom stereocenters. The summed E-state index contributed by atoms with van der Waals surface area (Å²) in [5.74, 6) is 0.582. The molecule has 1 aromatic heterocycles. The Kier molecular flexibility index (Phi) is 3.43. The highest BCUT2D eigenvalue weighted by molar-refractivity contribution is 6.03. The average molecular weight is 234 g/mol. The van der Waals surface area contributed by atoms with Crippen molar-refractivity contribution < 1.29 is 9.53 Å². The number of ketones is 1. The molecular formula is C13H18N2O2. The van der Waals surface area contributed by atoms with Gasteiger partial charge < -0.3 is 10.5 Å². The number of methoxy groups -OCH3 is 1. The molecule has 0 unspecified atom stereocenters. The van der Waals surface area contributed by atoms with Gasteiger partial charge in [0, 0.05) is 11.8 Å². The number of ether oxygens (including phenoxy) is 1. The van der Waals surface area contributed by atoms with Crippen molar-refractivity contribution in [2.45, 2.75) is 37.6 Å². The number of hydrogen-bond donors (Lipinski definition) is 1. The van der Waals surface area contributed by atoms with Crippen LogP contribution < -0.4 is 10.5 Å². The van der Waals surface area contributed by atoms with Crippen LogP contribution in [0.2, 0.25) is 0 Å². The molecule has 0 saturated heterocycles. The standard InChI is InChI=1S/C13H18N2O2/c1-17-11-7-10(8-15-9-11)12(16)13(14)5-3-2-4-6-13/h7-9H,2-6,14H2,1H3. The van der Waals surface area contributed by atoms with Gasteiger partial charge in [-0.2, -0.15) is 0 Å². The van der Waals surface area contributed by atoms with Gasteiger partial charge in [0.1, 0.15) is 5.75 Å². The van der Waals surface area contributed by atoms with Crippen molar-refractivity contribution in [1.82, 2.24) is 4.98 Å². The van der Waals surface area contributed by atoms with Crippen molar-refractivity contribution in [3.63, 3.8) is 0 Å². The summed E-state index contributed by atoms with van der Waals surface area (Å²) >= 11 is 0. The van der Waals surface area contributed by atoms with E-state index in [0.717, 1.165) is 25.7 Å². The molecule has 92 valence electrons. The van der Waals surface area contributed by atoms with Gasteiger partial charge in [-0.3, -0.25) is 9.78 Å². The van der Waals surface area contributed by atoms with Gasteiger partial charge in [0.15, 0.2) is 5.78 Å². The first kappa shape index (κ1) is 12.0. The Labute approximate surface area is 101 Å². The molecule has 1 aromatic rings. The molecule has 0 amide bonds. The van der Waals surface area contributed by atoms with Crippen LogP contribution in [0.25, 0.3) is 0 Å². The summed E-state index contributed by atoms with van der Waals surface area (Å²) in [7, 11) is 1.56. The molecule has 2 rings (SSSR count). The van der Waals surface area contributed by atoms with Crippen LogP contribution in [0.15, 0.2) is 18.5 Å². The van der Waals surface area contributed by atoms with E-state index in [9.17, 15) is 4.79 Å². The fourth-order valence-electron chi connectivity index (χ4n) is 2.35. The van der Waals surface area contributed by atoms with E-state index in [1.807, 2.05) is 0 Å². The van der Waals surface area contributed by atoms with Crippen molar-refractivity contribution in [2.24, 2.45) is 5.73 Å². The lowest BCUT2D eigenvalue weighted by Gasteiger charge is -2.31. The third-order valence-electron chi connectivity index (χ3n) is 3.41. The van der Waals surface area contributed by atoms with Gasteiger partial charge in [-0.05, 0) is 18.9 Å². The summed E-state index contributed by atoms with van der Waals surface area (Å²) in [6, 6.07) is 1.71. The molecule has 17 heavy (non-hydrogen) atoms. The highest BCUT2D eigenvalue weighted by Crippen LogP contribution is 2.29. The Morgan fingerprint density at radius 1 is 1.35 bits per heavy atom. The van der Waals surface area contributed by atoms with Crippen LogP contribution in [0.1, 0.15) is 42.5 Å². The number of carbonyl (C=O) groups is 1. The SMILES string of the molecule is COc1cncc(C(=O)C2(N)CCCCC2)c1. The Morgan fingerprint density at radius 2 is 2.06 bits per heavy atom. The van der Waals surface area contributed by atoms with E-state index in [1.165, 1.54) is 6.42 Å². The van der Waals surface area contributed by atoms with Crippen molar-refractivity contribution >= 4 is 5.78 Å². The van der Waals surface area contributed by atoms with Crippen LogP contribution in [0.3, 0.4) is 0 Å². The van der Waals surface area contributed by atoms with Crippen molar-refractivity contribution in [3.8, 4) is 5.75 Å². The van der Waals surface area contributed by atoms with E-state index in [2.05, 4.69) is 4.98 Å². The van der Waals surface area contributed by atoms with E-state index in [1.54, 1.807) is 25.6 Å². The minimum Gasteiger partial charge on any atom is -0.495 e. The average Bonchev–Trinajstić information content (AvgIpc) is 2.39. The van der Waals surface area contributed by atoms with Crippen LogP contribution >= 0.6 is 0 Å². The molecule has 0 spiro atoms. The van der Waals surface area contributed by atoms with Crippen LogP contribution in [0.4, 0.5) is 0 Å². The van der Waals surface area contributed by atoms with Gasteiger partial charge in [0.05, 0.1) is 18.8 Å². The second-order valence-corrected chi connectivity index (χ2v) is 4.66. The maximum Gasteiger partial charge on any atom is 0.184 e. The zero-order valence-electron chi connectivity index (χ0n) is 10.1. The maximum absolute atomic E-state index is 12.4. The summed E-state index contributed by atoms with van der Waals surface area (Å²) in [6.07, 6.45) is 7.91. The maximum atomic E-state index is 12.4. The summed E-state index contributed by atoms with van der Waals surface area (Å²) in [6.45, 7) is 0. The molecule has 2 N–H and O–H groups in total. The lowest BCUT2D eigenvalue weighted by Crippen LogP contribution is -2.49. The zero-order chi connectivity index (χ0) is 12.3. The molecule has 1 saturated carbocycles. The molecule has 0 bridgehead atoms. The summed E-state index contributed by atoms with van der Waals surface area (Å²) in [4.78, 5) is 16.4. The second-order valence-electron chi connectivity index (χ2n) is 4.66. The number of nitrogens with two attached hydrogens (primary N) is 1. The monoisotopic (exact) mass is 234 g/mol.